The van der Waals surface area contributed by atoms with Gasteiger partial charge in [0, 0.05) is 9.89 Å². The zero-order valence-electron chi connectivity index (χ0n) is 17.4. The fraction of sp³-hybridized carbons (Fsp3) is 0.345. The lowest BCUT2D eigenvalue weighted by molar-refractivity contribution is -0.0399. The van der Waals surface area contributed by atoms with Crippen molar-refractivity contribution in [3.05, 3.63) is 81.8 Å². The second kappa shape index (κ2) is 6.33. The van der Waals surface area contributed by atoms with E-state index < -0.39 is 0 Å². The Labute approximate surface area is 192 Å². The molecule has 2 heteroatoms. The van der Waals surface area contributed by atoms with Gasteiger partial charge in [-0.1, -0.05) is 52.3 Å². The third-order valence-electron chi connectivity index (χ3n) is 8.97. The van der Waals surface area contributed by atoms with E-state index in [1.54, 1.807) is 11.1 Å². The van der Waals surface area contributed by atoms with Crippen LogP contribution in [0.2, 0.25) is 0 Å². The fourth-order valence-corrected chi connectivity index (χ4v) is 8.53. The van der Waals surface area contributed by atoms with Crippen LogP contribution in [0.3, 0.4) is 0 Å². The Hall–Kier alpha value is -2.37. The van der Waals surface area contributed by atoms with Gasteiger partial charge in [0.1, 0.15) is 0 Å². The van der Waals surface area contributed by atoms with E-state index in [1.165, 1.54) is 53.3 Å². The molecule has 0 amide bonds. The summed E-state index contributed by atoms with van der Waals surface area (Å²) in [4.78, 5) is 0. The summed E-state index contributed by atoms with van der Waals surface area (Å²) in [6.45, 7) is 0. The van der Waals surface area contributed by atoms with Crippen molar-refractivity contribution in [2.45, 2.75) is 37.5 Å². The third kappa shape index (κ3) is 2.31. The monoisotopic (exact) mass is 465 g/mol. The summed E-state index contributed by atoms with van der Waals surface area (Å²) in [7, 11) is 0. The molecular weight excluding hydrogens is 442 g/mol. The Morgan fingerprint density at radius 1 is 0.742 bits per heavy atom. The van der Waals surface area contributed by atoms with Crippen molar-refractivity contribution in [1.82, 2.24) is 0 Å². The van der Waals surface area contributed by atoms with Gasteiger partial charge in [0.25, 0.3) is 0 Å². The van der Waals surface area contributed by atoms with Crippen LogP contribution in [-0.2, 0) is 5.41 Å². The van der Waals surface area contributed by atoms with E-state index in [0.717, 1.165) is 34.8 Å². The first-order valence-corrected chi connectivity index (χ1v) is 12.4. The lowest BCUT2D eigenvalue weighted by atomic mass is 9.43. The van der Waals surface area contributed by atoms with Crippen LogP contribution in [0, 0.1) is 35.0 Å². The van der Waals surface area contributed by atoms with E-state index in [1.807, 2.05) is 18.2 Å². The Morgan fingerprint density at radius 2 is 1.39 bits per heavy atom. The molecule has 0 atom stereocenters. The van der Waals surface area contributed by atoms with Crippen molar-refractivity contribution >= 4 is 15.9 Å². The van der Waals surface area contributed by atoms with Gasteiger partial charge in [0.05, 0.1) is 11.6 Å². The van der Waals surface area contributed by atoms with Gasteiger partial charge in [0.15, 0.2) is 0 Å². The smallest absolute Gasteiger partial charge is 0.0998 e. The van der Waals surface area contributed by atoms with Gasteiger partial charge >= 0.3 is 0 Å². The molecular formula is C29H24BrN. The maximum Gasteiger partial charge on any atom is 0.0998 e. The number of halogens is 1. The van der Waals surface area contributed by atoms with Crippen molar-refractivity contribution < 1.29 is 0 Å². The Kier molecular flexibility index (Phi) is 3.72. The number of rotatable bonds is 1. The second-order valence-electron chi connectivity index (χ2n) is 10.3. The van der Waals surface area contributed by atoms with Crippen molar-refractivity contribution in [2.24, 2.45) is 23.7 Å². The first-order chi connectivity index (χ1) is 15.2. The van der Waals surface area contributed by atoms with Crippen LogP contribution < -0.4 is 0 Å². The molecule has 0 aliphatic heterocycles. The lowest BCUT2D eigenvalue weighted by Crippen LogP contribution is -2.55. The van der Waals surface area contributed by atoms with E-state index in [0.29, 0.717) is 0 Å². The molecule has 0 radical (unpaired) electrons. The minimum absolute atomic E-state index is 0.152. The normalized spacial score (nSPS) is 31.5. The first-order valence-electron chi connectivity index (χ1n) is 11.6. The van der Waals surface area contributed by atoms with Gasteiger partial charge in [-0.05, 0) is 113 Å². The quantitative estimate of drug-likeness (QED) is 0.360. The van der Waals surface area contributed by atoms with E-state index in [9.17, 15) is 5.26 Å². The fourth-order valence-electron chi connectivity index (χ4n) is 8.17. The van der Waals surface area contributed by atoms with Gasteiger partial charge in [0.2, 0.25) is 0 Å². The Morgan fingerprint density at radius 3 is 2.10 bits per heavy atom. The molecule has 1 spiro atoms. The van der Waals surface area contributed by atoms with E-state index in [2.05, 4.69) is 64.5 Å². The highest BCUT2D eigenvalue weighted by molar-refractivity contribution is 9.10. The van der Waals surface area contributed by atoms with Crippen LogP contribution in [0.15, 0.2) is 65.1 Å². The average Bonchev–Trinajstić information content (AvgIpc) is 3.06. The van der Waals surface area contributed by atoms with Crippen LogP contribution in [0.4, 0.5) is 0 Å². The molecule has 8 rings (SSSR count). The van der Waals surface area contributed by atoms with Crippen molar-refractivity contribution in [3.8, 4) is 28.3 Å². The molecule has 0 heterocycles. The van der Waals surface area contributed by atoms with E-state index >= 15 is 0 Å². The largest absolute Gasteiger partial charge is 0.192 e. The highest BCUT2D eigenvalue weighted by Gasteiger charge is 2.61. The zero-order valence-corrected chi connectivity index (χ0v) is 19.0. The molecule has 4 fully saturated rings. The van der Waals surface area contributed by atoms with Crippen LogP contribution in [0.25, 0.3) is 22.3 Å². The van der Waals surface area contributed by atoms with Gasteiger partial charge in [-0.25, -0.2) is 0 Å². The molecule has 0 saturated heterocycles. The summed E-state index contributed by atoms with van der Waals surface area (Å²) in [6.07, 6.45) is 7.01. The summed E-state index contributed by atoms with van der Waals surface area (Å²) in [5.74, 6) is 3.38. The second-order valence-corrected chi connectivity index (χ2v) is 11.2. The molecule has 5 aliphatic rings. The number of nitriles is 1. The molecule has 31 heavy (non-hydrogen) atoms. The topological polar surface area (TPSA) is 23.8 Å². The molecule has 0 unspecified atom stereocenters. The predicted octanol–water partition coefficient (Wildman–Crippen LogP) is 7.71. The van der Waals surface area contributed by atoms with Crippen molar-refractivity contribution in [3.63, 3.8) is 0 Å². The summed E-state index contributed by atoms with van der Waals surface area (Å²) in [6, 6.07) is 24.5. The number of hydrogen-bond donors (Lipinski definition) is 0. The Bertz CT molecular complexity index is 1250. The van der Waals surface area contributed by atoms with Crippen molar-refractivity contribution in [2.75, 3.05) is 0 Å². The number of hydrogen-bond acceptors (Lipinski definition) is 1. The molecule has 0 aromatic heterocycles. The van der Waals surface area contributed by atoms with Crippen LogP contribution >= 0.6 is 15.9 Å². The third-order valence-corrected chi connectivity index (χ3v) is 9.46. The molecule has 152 valence electrons. The van der Waals surface area contributed by atoms with Crippen LogP contribution in [0.5, 0.6) is 0 Å². The SMILES string of the molecule is N#Cc1ccccc1-c1ccc2c(c1)C1(c3cc(Br)ccc3-2)C2CC3CC(C2)CC1C3. The van der Waals surface area contributed by atoms with Gasteiger partial charge in [-0.3, -0.25) is 0 Å². The van der Waals surface area contributed by atoms with Crippen LogP contribution in [0.1, 0.15) is 48.8 Å². The molecule has 4 saturated carbocycles. The number of fused-ring (bicyclic) bond motifs is 3. The maximum absolute atomic E-state index is 9.70. The standard InChI is InChI=1S/C29H24BrN/c30-23-6-8-26-25-7-5-19(24-4-2-1-3-20(24)16-31)14-27(25)29(28(26)15-23)21-10-17-9-18(12-21)13-22(29)11-17/h1-8,14-15,17-18,21-22H,9-13H2. The summed E-state index contributed by atoms with van der Waals surface area (Å²) >= 11 is 3.79. The van der Waals surface area contributed by atoms with Gasteiger partial charge in [-0.15, -0.1) is 0 Å². The van der Waals surface area contributed by atoms with E-state index in [4.69, 9.17) is 0 Å². The molecule has 3 aromatic carbocycles. The number of benzene rings is 3. The Balaban J connectivity index is 1.51. The zero-order chi connectivity index (χ0) is 20.7. The van der Waals surface area contributed by atoms with Crippen LogP contribution in [-0.4, -0.2) is 0 Å². The molecule has 1 nitrogen and oxygen atoms in total. The highest BCUT2D eigenvalue weighted by Crippen LogP contribution is 2.69. The summed E-state index contributed by atoms with van der Waals surface area (Å²) in [5.41, 5.74) is 9.13. The molecule has 0 N–H and O–H groups in total. The highest BCUT2D eigenvalue weighted by atomic mass is 79.9. The minimum atomic E-state index is 0.152. The first kappa shape index (κ1) is 18.2. The van der Waals surface area contributed by atoms with Gasteiger partial charge < -0.3 is 0 Å². The van der Waals surface area contributed by atoms with E-state index in [-0.39, 0.29) is 5.41 Å². The van der Waals surface area contributed by atoms with Gasteiger partial charge in [-0.2, -0.15) is 5.26 Å². The summed E-state index contributed by atoms with van der Waals surface area (Å²) in [5, 5.41) is 9.70. The lowest BCUT2D eigenvalue weighted by Gasteiger charge is -2.61. The minimum Gasteiger partial charge on any atom is -0.192 e. The number of nitrogens with zero attached hydrogens (tertiary/aromatic N) is 1. The molecule has 4 bridgehead atoms. The predicted molar refractivity (Wildman–Crippen MR) is 128 cm³/mol. The summed E-state index contributed by atoms with van der Waals surface area (Å²) < 4.78 is 1.20. The average molecular weight is 466 g/mol. The maximum atomic E-state index is 9.70. The molecule has 5 aliphatic carbocycles. The van der Waals surface area contributed by atoms with Crippen molar-refractivity contribution in [1.29, 1.82) is 5.26 Å². The molecule has 3 aromatic rings.